The van der Waals surface area contributed by atoms with Gasteiger partial charge in [0.15, 0.2) is 6.61 Å². The third-order valence-electron chi connectivity index (χ3n) is 2.68. The second-order valence-corrected chi connectivity index (χ2v) is 5.79. The highest BCUT2D eigenvalue weighted by atomic mass is 79.9. The lowest BCUT2D eigenvalue weighted by Gasteiger charge is -2.20. The van der Waals surface area contributed by atoms with Crippen LogP contribution in [0.4, 0.5) is 5.69 Å². The molecule has 1 aliphatic heterocycles. The van der Waals surface area contributed by atoms with Gasteiger partial charge in [0, 0.05) is 4.83 Å². The summed E-state index contributed by atoms with van der Waals surface area (Å²) in [6.45, 7) is 4.49. The van der Waals surface area contributed by atoms with E-state index in [1.54, 1.807) is 0 Å². The van der Waals surface area contributed by atoms with E-state index >= 15 is 0 Å². The van der Waals surface area contributed by atoms with Crippen LogP contribution in [-0.4, -0.2) is 12.5 Å². The van der Waals surface area contributed by atoms with Crippen LogP contribution in [0.5, 0.6) is 5.75 Å². The van der Waals surface area contributed by atoms with Crippen LogP contribution in [0.3, 0.4) is 0 Å². The molecule has 0 saturated heterocycles. The van der Waals surface area contributed by atoms with Crippen molar-refractivity contribution in [3.05, 3.63) is 23.8 Å². The number of anilines is 1. The van der Waals surface area contributed by atoms with Crippen molar-refractivity contribution in [2.75, 3.05) is 11.9 Å². The molecule has 1 heterocycles. The van der Waals surface area contributed by atoms with Gasteiger partial charge in [-0.3, -0.25) is 4.79 Å². The van der Waals surface area contributed by atoms with Gasteiger partial charge in [0.05, 0.1) is 5.69 Å². The highest BCUT2D eigenvalue weighted by Gasteiger charge is 2.18. The van der Waals surface area contributed by atoms with Gasteiger partial charge in [-0.15, -0.1) is 0 Å². The molecule has 4 heteroatoms. The van der Waals surface area contributed by atoms with Crippen LogP contribution >= 0.6 is 15.9 Å². The van der Waals surface area contributed by atoms with E-state index in [0.717, 1.165) is 17.9 Å². The minimum absolute atomic E-state index is 0.0929. The normalized spacial score (nSPS) is 16.1. The smallest absolute Gasteiger partial charge is 0.262 e. The standard InChI is InChI=1S/C13H16BrNO2/c1-8(2)5-10(14)9-3-4-12-11(6-9)15-13(16)7-17-12/h3-4,6,8,10H,5,7H2,1-2H3,(H,15,16). The molecule has 0 aromatic heterocycles. The zero-order valence-electron chi connectivity index (χ0n) is 10.00. The van der Waals surface area contributed by atoms with E-state index in [2.05, 4.69) is 35.1 Å². The first-order valence-electron chi connectivity index (χ1n) is 5.77. The number of rotatable bonds is 3. The summed E-state index contributed by atoms with van der Waals surface area (Å²) in [7, 11) is 0. The van der Waals surface area contributed by atoms with Crippen LogP contribution in [0.15, 0.2) is 18.2 Å². The number of benzene rings is 1. The minimum atomic E-state index is -0.0929. The molecular weight excluding hydrogens is 282 g/mol. The maximum absolute atomic E-state index is 11.2. The highest BCUT2D eigenvalue weighted by Crippen LogP contribution is 2.35. The molecular formula is C13H16BrNO2. The van der Waals surface area contributed by atoms with Crippen molar-refractivity contribution >= 4 is 27.5 Å². The average Bonchev–Trinajstić information content (AvgIpc) is 2.27. The lowest BCUT2D eigenvalue weighted by Crippen LogP contribution is -2.25. The molecule has 0 spiro atoms. The second kappa shape index (κ2) is 5.08. The molecule has 0 fully saturated rings. The number of carbonyl (C=O) groups is 1. The number of ether oxygens (including phenoxy) is 1. The van der Waals surface area contributed by atoms with Gasteiger partial charge in [-0.25, -0.2) is 0 Å². The lowest BCUT2D eigenvalue weighted by molar-refractivity contribution is -0.118. The summed E-state index contributed by atoms with van der Waals surface area (Å²) >= 11 is 3.68. The summed E-state index contributed by atoms with van der Waals surface area (Å²) in [5.74, 6) is 1.28. The van der Waals surface area contributed by atoms with Crippen molar-refractivity contribution in [2.24, 2.45) is 5.92 Å². The second-order valence-electron chi connectivity index (χ2n) is 4.69. The van der Waals surface area contributed by atoms with E-state index in [1.807, 2.05) is 18.2 Å². The van der Waals surface area contributed by atoms with Crippen molar-refractivity contribution in [1.82, 2.24) is 0 Å². The molecule has 0 radical (unpaired) electrons. The third kappa shape index (κ3) is 3.00. The van der Waals surface area contributed by atoms with Crippen LogP contribution in [0.25, 0.3) is 0 Å². The maximum atomic E-state index is 11.2. The molecule has 1 amide bonds. The van der Waals surface area contributed by atoms with E-state index in [1.165, 1.54) is 5.56 Å². The molecule has 2 rings (SSSR count). The fourth-order valence-corrected chi connectivity index (χ4v) is 2.88. The van der Waals surface area contributed by atoms with Gasteiger partial charge >= 0.3 is 0 Å². The first kappa shape index (κ1) is 12.4. The van der Waals surface area contributed by atoms with Gasteiger partial charge in [0.1, 0.15) is 5.75 Å². The number of nitrogens with one attached hydrogen (secondary N) is 1. The van der Waals surface area contributed by atoms with E-state index in [9.17, 15) is 4.79 Å². The zero-order valence-corrected chi connectivity index (χ0v) is 11.6. The van der Waals surface area contributed by atoms with Crippen LogP contribution < -0.4 is 10.1 Å². The number of fused-ring (bicyclic) bond motifs is 1. The molecule has 0 aliphatic carbocycles. The summed E-state index contributed by atoms with van der Waals surface area (Å²) in [5, 5.41) is 2.82. The number of alkyl halides is 1. The molecule has 92 valence electrons. The Hall–Kier alpha value is -1.03. The summed E-state index contributed by atoms with van der Waals surface area (Å²) in [5.41, 5.74) is 1.94. The Bertz CT molecular complexity index is 431. The average molecular weight is 298 g/mol. The van der Waals surface area contributed by atoms with Crippen molar-refractivity contribution in [2.45, 2.75) is 25.1 Å². The number of halogens is 1. The molecule has 0 saturated carbocycles. The van der Waals surface area contributed by atoms with Gasteiger partial charge in [-0.1, -0.05) is 35.8 Å². The summed E-state index contributed by atoms with van der Waals surface area (Å²) in [6, 6.07) is 5.94. The Morgan fingerprint density at radius 3 is 2.94 bits per heavy atom. The monoisotopic (exact) mass is 297 g/mol. The Labute approximate surface area is 110 Å². The molecule has 1 unspecified atom stereocenters. The van der Waals surface area contributed by atoms with Crippen molar-refractivity contribution in [1.29, 1.82) is 0 Å². The SMILES string of the molecule is CC(C)CC(Br)c1ccc2c(c1)NC(=O)CO2. The van der Waals surface area contributed by atoms with Crippen molar-refractivity contribution in [3.63, 3.8) is 0 Å². The molecule has 1 aromatic carbocycles. The van der Waals surface area contributed by atoms with Gasteiger partial charge in [-0.05, 0) is 30.0 Å². The quantitative estimate of drug-likeness (QED) is 0.867. The Kier molecular flexibility index (Phi) is 3.72. The predicted molar refractivity (Wildman–Crippen MR) is 71.7 cm³/mol. The molecule has 0 bridgehead atoms. The van der Waals surface area contributed by atoms with Crippen LogP contribution in [-0.2, 0) is 4.79 Å². The Morgan fingerprint density at radius 2 is 2.24 bits per heavy atom. The Balaban J connectivity index is 2.20. The number of hydrogen-bond acceptors (Lipinski definition) is 2. The number of hydrogen-bond donors (Lipinski definition) is 1. The summed E-state index contributed by atoms with van der Waals surface area (Å²) < 4.78 is 5.32. The molecule has 17 heavy (non-hydrogen) atoms. The highest BCUT2D eigenvalue weighted by molar-refractivity contribution is 9.09. The van der Waals surface area contributed by atoms with E-state index in [0.29, 0.717) is 10.7 Å². The van der Waals surface area contributed by atoms with E-state index < -0.39 is 0 Å². The summed E-state index contributed by atoms with van der Waals surface area (Å²) in [4.78, 5) is 11.5. The first-order valence-corrected chi connectivity index (χ1v) is 6.68. The van der Waals surface area contributed by atoms with Gasteiger partial charge < -0.3 is 10.1 Å². The fraction of sp³-hybridized carbons (Fsp3) is 0.462. The van der Waals surface area contributed by atoms with Crippen LogP contribution in [0, 0.1) is 5.92 Å². The molecule has 1 aromatic rings. The first-order chi connectivity index (χ1) is 8.06. The van der Waals surface area contributed by atoms with Gasteiger partial charge in [0.2, 0.25) is 0 Å². The van der Waals surface area contributed by atoms with E-state index in [4.69, 9.17) is 4.74 Å². The molecule has 3 nitrogen and oxygen atoms in total. The predicted octanol–water partition coefficient (Wildman–Crippen LogP) is 3.50. The number of carbonyl (C=O) groups excluding carboxylic acids is 1. The minimum Gasteiger partial charge on any atom is -0.482 e. The zero-order chi connectivity index (χ0) is 12.4. The fourth-order valence-electron chi connectivity index (χ4n) is 1.85. The number of amides is 1. The largest absolute Gasteiger partial charge is 0.482 e. The lowest BCUT2D eigenvalue weighted by atomic mass is 10.0. The molecule has 1 N–H and O–H groups in total. The maximum Gasteiger partial charge on any atom is 0.262 e. The Morgan fingerprint density at radius 1 is 1.47 bits per heavy atom. The van der Waals surface area contributed by atoms with Crippen LogP contribution in [0.2, 0.25) is 0 Å². The van der Waals surface area contributed by atoms with E-state index in [-0.39, 0.29) is 12.5 Å². The molecule has 1 aliphatic rings. The summed E-state index contributed by atoms with van der Waals surface area (Å²) in [6.07, 6.45) is 1.06. The topological polar surface area (TPSA) is 38.3 Å². The van der Waals surface area contributed by atoms with Gasteiger partial charge in [0.25, 0.3) is 5.91 Å². The van der Waals surface area contributed by atoms with Gasteiger partial charge in [-0.2, -0.15) is 0 Å². The molecule has 1 atom stereocenters. The van der Waals surface area contributed by atoms with Crippen molar-refractivity contribution < 1.29 is 9.53 Å². The third-order valence-corrected chi connectivity index (χ3v) is 3.58. The van der Waals surface area contributed by atoms with Crippen LogP contribution in [0.1, 0.15) is 30.7 Å². The van der Waals surface area contributed by atoms with Crippen molar-refractivity contribution in [3.8, 4) is 5.75 Å².